The Balaban J connectivity index is 1.36. The summed E-state index contributed by atoms with van der Waals surface area (Å²) in [4.78, 5) is 28.5. The highest BCUT2D eigenvalue weighted by Crippen LogP contribution is 2.43. The van der Waals surface area contributed by atoms with E-state index in [1.54, 1.807) is 17.7 Å². The van der Waals surface area contributed by atoms with Crippen LogP contribution in [0.3, 0.4) is 0 Å². The van der Waals surface area contributed by atoms with E-state index in [2.05, 4.69) is 42.8 Å². The lowest BCUT2D eigenvalue weighted by molar-refractivity contribution is -0.128. The van der Waals surface area contributed by atoms with E-state index in [1.807, 2.05) is 9.30 Å². The van der Waals surface area contributed by atoms with Gasteiger partial charge in [-0.25, -0.2) is 9.97 Å². The van der Waals surface area contributed by atoms with Crippen LogP contribution in [-0.4, -0.2) is 86.1 Å². The number of pyridine rings is 1. The summed E-state index contributed by atoms with van der Waals surface area (Å²) in [7, 11) is 0. The number of carbonyl (C=O) groups is 1. The zero-order valence-electron chi connectivity index (χ0n) is 24.4. The number of ether oxygens (including phenoxy) is 2. The van der Waals surface area contributed by atoms with Gasteiger partial charge in [0, 0.05) is 43.5 Å². The number of hydrogen-bond acceptors (Lipinski definition) is 10. The number of carbonyl (C=O) groups excluding carboxylic acids is 1. The van der Waals surface area contributed by atoms with Crippen LogP contribution in [0.4, 0.5) is 5.82 Å². The molecule has 0 radical (unpaired) electrons. The second kappa shape index (κ2) is 12.0. The number of fused-ring (bicyclic) bond motifs is 7. The molecule has 4 aromatic heterocycles. The summed E-state index contributed by atoms with van der Waals surface area (Å²) in [6, 6.07) is 0. The van der Waals surface area contributed by atoms with Crippen molar-refractivity contribution < 1.29 is 14.3 Å². The van der Waals surface area contributed by atoms with E-state index < -0.39 is 0 Å². The average Bonchev–Trinajstić information content (AvgIpc) is 3.56. The van der Waals surface area contributed by atoms with Crippen molar-refractivity contribution >= 4 is 60.9 Å². The summed E-state index contributed by atoms with van der Waals surface area (Å²) in [5.41, 5.74) is 3.84. The minimum Gasteiger partial charge on any atom is -0.378 e. The fourth-order valence-electron chi connectivity index (χ4n) is 5.64. The van der Waals surface area contributed by atoms with Gasteiger partial charge in [0.1, 0.15) is 21.7 Å². The molecule has 12 heteroatoms. The molecular formula is C29H39N7O3S2. The van der Waals surface area contributed by atoms with Crippen molar-refractivity contribution in [3.05, 3.63) is 17.5 Å². The maximum atomic E-state index is 13.1. The first-order valence-electron chi connectivity index (χ1n) is 14.7. The van der Waals surface area contributed by atoms with Crippen LogP contribution in [0.25, 0.3) is 26.1 Å². The van der Waals surface area contributed by atoms with Crippen molar-refractivity contribution in [1.82, 2.24) is 29.5 Å². The van der Waals surface area contributed by atoms with E-state index in [0.717, 1.165) is 95.7 Å². The zero-order valence-corrected chi connectivity index (χ0v) is 26.1. The summed E-state index contributed by atoms with van der Waals surface area (Å²) in [5, 5.41) is 10.8. The van der Waals surface area contributed by atoms with Crippen LogP contribution < -0.4 is 4.90 Å². The summed E-state index contributed by atoms with van der Waals surface area (Å²) in [6.45, 7) is 13.8. The quantitative estimate of drug-likeness (QED) is 0.231. The minimum absolute atomic E-state index is 0.154. The summed E-state index contributed by atoms with van der Waals surface area (Å²) in [5.74, 6) is 1.49. The first-order chi connectivity index (χ1) is 19.9. The average molecular weight is 598 g/mol. The fourth-order valence-corrected chi connectivity index (χ4v) is 7.58. The molecule has 0 aliphatic carbocycles. The third-order valence-corrected chi connectivity index (χ3v) is 9.94. The highest BCUT2D eigenvalue weighted by Gasteiger charge is 2.33. The number of rotatable bonds is 10. The van der Waals surface area contributed by atoms with Crippen LogP contribution in [0, 0.1) is 0 Å². The molecule has 0 bridgehead atoms. The Labute approximate surface area is 248 Å². The molecule has 4 aromatic rings. The molecule has 0 N–H and O–H groups in total. The predicted molar refractivity (Wildman–Crippen MR) is 164 cm³/mol. The third-order valence-electron chi connectivity index (χ3n) is 7.94. The van der Waals surface area contributed by atoms with Crippen molar-refractivity contribution in [2.75, 3.05) is 50.0 Å². The van der Waals surface area contributed by atoms with Crippen molar-refractivity contribution in [3.63, 3.8) is 0 Å². The number of unbranched alkanes of at least 4 members (excludes halogenated alkanes) is 2. The third kappa shape index (κ3) is 5.63. The van der Waals surface area contributed by atoms with Crippen molar-refractivity contribution in [2.24, 2.45) is 0 Å². The molecule has 1 amide bonds. The smallest absolute Gasteiger partial charge is 0.233 e. The lowest BCUT2D eigenvalue weighted by atomic mass is 9.90. The molecule has 220 valence electrons. The first kappa shape index (κ1) is 28.6. The van der Waals surface area contributed by atoms with E-state index in [4.69, 9.17) is 19.4 Å². The summed E-state index contributed by atoms with van der Waals surface area (Å²) < 4.78 is 14.8. The molecule has 0 atom stereocenters. The zero-order chi connectivity index (χ0) is 28.6. The van der Waals surface area contributed by atoms with Gasteiger partial charge in [-0.15, -0.1) is 21.5 Å². The molecule has 10 nitrogen and oxygen atoms in total. The molecule has 2 aliphatic rings. The van der Waals surface area contributed by atoms with Crippen LogP contribution in [0.15, 0.2) is 11.5 Å². The van der Waals surface area contributed by atoms with E-state index in [0.29, 0.717) is 30.7 Å². The standard InChI is InChI=1S/C29H39N7O3S2/c1-5-7-9-34(10-8-6-2)21(37)17-40-28-33-32-26-24-23(30-18-36(26)28)22-19-15-29(3,4)39-16-20(19)25(31-27(22)41-24)35-11-13-38-14-12-35/h18H,5-17H2,1-4H3. The molecule has 6 rings (SSSR count). The van der Waals surface area contributed by atoms with Gasteiger partial charge in [0.2, 0.25) is 5.91 Å². The normalized spacial score (nSPS) is 17.0. The second-order valence-corrected chi connectivity index (χ2v) is 13.4. The molecule has 0 aromatic carbocycles. The minimum atomic E-state index is -0.269. The Morgan fingerprint density at radius 1 is 1.12 bits per heavy atom. The van der Waals surface area contributed by atoms with Crippen LogP contribution in [0.1, 0.15) is 64.5 Å². The van der Waals surface area contributed by atoms with Gasteiger partial charge in [0.05, 0.1) is 36.7 Å². The first-order valence-corrected chi connectivity index (χ1v) is 16.5. The molecule has 0 spiro atoms. The number of morpholine rings is 1. The van der Waals surface area contributed by atoms with Gasteiger partial charge in [0.25, 0.3) is 0 Å². The van der Waals surface area contributed by atoms with Crippen molar-refractivity contribution in [2.45, 2.75) is 77.2 Å². The Hall–Kier alpha value is -2.54. The number of anilines is 1. The highest BCUT2D eigenvalue weighted by atomic mass is 32.2. The molecule has 2 aliphatic heterocycles. The lowest BCUT2D eigenvalue weighted by Crippen LogP contribution is -2.39. The Morgan fingerprint density at radius 2 is 1.88 bits per heavy atom. The summed E-state index contributed by atoms with van der Waals surface area (Å²) >= 11 is 3.05. The topological polar surface area (TPSA) is 98.0 Å². The van der Waals surface area contributed by atoms with Gasteiger partial charge in [-0.05, 0) is 32.3 Å². The molecule has 1 saturated heterocycles. The molecule has 6 heterocycles. The van der Waals surface area contributed by atoms with Gasteiger partial charge in [-0.2, -0.15) is 0 Å². The van der Waals surface area contributed by atoms with Crippen LogP contribution >= 0.6 is 23.1 Å². The van der Waals surface area contributed by atoms with E-state index in [1.165, 1.54) is 17.3 Å². The molecule has 0 saturated carbocycles. The molecule has 41 heavy (non-hydrogen) atoms. The maximum absolute atomic E-state index is 13.1. The molecule has 1 fully saturated rings. The number of hydrogen-bond donors (Lipinski definition) is 0. The largest absolute Gasteiger partial charge is 0.378 e. The molecule has 0 unspecified atom stereocenters. The SMILES string of the molecule is CCCCN(CCCC)C(=O)CSc1nnc2c3sc4nc(N5CCOCC5)c5c(c4c3ncn12)CC(C)(C)OC5. The number of amides is 1. The monoisotopic (exact) mass is 597 g/mol. The number of thiophene rings is 1. The Bertz CT molecular complexity index is 1550. The molecular weight excluding hydrogens is 558 g/mol. The van der Waals surface area contributed by atoms with Gasteiger partial charge >= 0.3 is 0 Å². The van der Waals surface area contributed by atoms with Gasteiger partial charge in [0.15, 0.2) is 10.8 Å². The fraction of sp³-hybridized carbons (Fsp3) is 0.621. The van der Waals surface area contributed by atoms with Gasteiger partial charge in [-0.3, -0.25) is 9.20 Å². The van der Waals surface area contributed by atoms with Crippen LogP contribution in [-0.2, 0) is 27.3 Å². The van der Waals surface area contributed by atoms with Crippen molar-refractivity contribution in [1.29, 1.82) is 0 Å². The number of aromatic nitrogens is 5. The Morgan fingerprint density at radius 3 is 2.61 bits per heavy atom. The van der Waals surface area contributed by atoms with E-state index in [-0.39, 0.29) is 11.5 Å². The van der Waals surface area contributed by atoms with Crippen LogP contribution in [0.5, 0.6) is 0 Å². The summed E-state index contributed by atoms with van der Waals surface area (Å²) in [6.07, 6.45) is 6.79. The van der Waals surface area contributed by atoms with Gasteiger partial charge in [-0.1, -0.05) is 38.5 Å². The predicted octanol–water partition coefficient (Wildman–Crippen LogP) is 5.10. The van der Waals surface area contributed by atoms with Gasteiger partial charge < -0.3 is 19.3 Å². The van der Waals surface area contributed by atoms with Crippen molar-refractivity contribution in [3.8, 4) is 0 Å². The van der Waals surface area contributed by atoms with Crippen LogP contribution in [0.2, 0.25) is 0 Å². The second-order valence-electron chi connectivity index (χ2n) is 11.5. The lowest BCUT2D eigenvalue weighted by Gasteiger charge is -2.36. The number of nitrogens with zero attached hydrogens (tertiary/aromatic N) is 7. The Kier molecular flexibility index (Phi) is 8.35. The van der Waals surface area contributed by atoms with E-state index in [9.17, 15) is 4.79 Å². The highest BCUT2D eigenvalue weighted by molar-refractivity contribution is 7.99. The van der Waals surface area contributed by atoms with E-state index >= 15 is 0 Å². The number of thioether (sulfide) groups is 1. The maximum Gasteiger partial charge on any atom is 0.233 e.